The fourth-order valence-corrected chi connectivity index (χ4v) is 3.57. The Hall–Kier alpha value is -1.91. The second-order valence-corrected chi connectivity index (χ2v) is 7.27. The van der Waals surface area contributed by atoms with Crippen molar-refractivity contribution in [3.05, 3.63) is 58.1 Å². The van der Waals surface area contributed by atoms with Gasteiger partial charge in [-0.05, 0) is 61.2 Å². The fourth-order valence-electron chi connectivity index (χ4n) is 3.07. The minimum absolute atomic E-state index is 0.0429. The van der Waals surface area contributed by atoms with Crippen LogP contribution in [0.15, 0.2) is 42.5 Å². The number of carbonyl (C=O) groups excluding carboxylic acids is 1. The van der Waals surface area contributed by atoms with E-state index in [2.05, 4.69) is 27.7 Å². The molecule has 0 atom stereocenters. The number of hydrogen-bond donors (Lipinski definition) is 2. The topological polar surface area (TPSA) is 44.4 Å². The van der Waals surface area contributed by atoms with Crippen LogP contribution >= 0.6 is 23.2 Å². The molecule has 0 bridgehead atoms. The molecule has 6 heteroatoms. The van der Waals surface area contributed by atoms with Crippen LogP contribution in [-0.4, -0.2) is 32.1 Å². The average Bonchev–Trinajstić information content (AvgIpc) is 3.17. The molecule has 1 aliphatic rings. The molecular weight excluding hydrogens is 369 g/mol. The van der Waals surface area contributed by atoms with Crippen LogP contribution in [0.1, 0.15) is 18.4 Å². The van der Waals surface area contributed by atoms with Crippen molar-refractivity contribution in [3.8, 4) is 0 Å². The van der Waals surface area contributed by atoms with Gasteiger partial charge >= 0.3 is 0 Å². The summed E-state index contributed by atoms with van der Waals surface area (Å²) in [4.78, 5) is 14.4. The molecule has 0 spiro atoms. The van der Waals surface area contributed by atoms with E-state index in [0.717, 1.165) is 24.3 Å². The van der Waals surface area contributed by atoms with Crippen molar-refractivity contribution in [2.45, 2.75) is 19.3 Å². The van der Waals surface area contributed by atoms with Crippen molar-refractivity contribution in [3.63, 3.8) is 0 Å². The number of halogens is 2. The van der Waals surface area contributed by atoms with Gasteiger partial charge in [-0.3, -0.25) is 4.79 Å². The lowest BCUT2D eigenvalue weighted by Crippen LogP contribution is -2.31. The van der Waals surface area contributed by atoms with Gasteiger partial charge in [-0.1, -0.05) is 29.3 Å². The highest BCUT2D eigenvalue weighted by molar-refractivity contribution is 6.35. The zero-order chi connectivity index (χ0) is 18.4. The molecule has 1 saturated heterocycles. The van der Waals surface area contributed by atoms with Crippen LogP contribution in [0.3, 0.4) is 0 Å². The largest absolute Gasteiger partial charge is 0.376 e. The van der Waals surface area contributed by atoms with E-state index in [0.29, 0.717) is 23.0 Å². The summed E-state index contributed by atoms with van der Waals surface area (Å²) in [6.07, 6.45) is 3.20. The van der Waals surface area contributed by atoms with Gasteiger partial charge in [-0.15, -0.1) is 0 Å². The zero-order valence-electron chi connectivity index (χ0n) is 14.6. The Bertz CT molecular complexity index is 743. The Labute approximate surface area is 164 Å². The van der Waals surface area contributed by atoms with Gasteiger partial charge in [0.1, 0.15) is 0 Å². The van der Waals surface area contributed by atoms with E-state index in [-0.39, 0.29) is 12.5 Å². The van der Waals surface area contributed by atoms with E-state index in [1.54, 1.807) is 12.1 Å². The van der Waals surface area contributed by atoms with Crippen molar-refractivity contribution >= 4 is 40.5 Å². The van der Waals surface area contributed by atoms with Gasteiger partial charge in [0.15, 0.2) is 0 Å². The Kier molecular flexibility index (Phi) is 6.64. The summed E-state index contributed by atoms with van der Waals surface area (Å²) >= 11 is 12.0. The lowest BCUT2D eigenvalue weighted by Gasteiger charge is -2.18. The smallest absolute Gasteiger partial charge is 0.239 e. The molecule has 26 heavy (non-hydrogen) atoms. The number of hydrogen-bond acceptors (Lipinski definition) is 3. The molecule has 0 saturated carbocycles. The molecule has 0 unspecified atom stereocenters. The van der Waals surface area contributed by atoms with Crippen molar-refractivity contribution in [2.75, 3.05) is 36.4 Å². The lowest BCUT2D eigenvalue weighted by atomic mass is 10.1. The van der Waals surface area contributed by atoms with Gasteiger partial charge in [-0.2, -0.15) is 0 Å². The van der Waals surface area contributed by atoms with E-state index in [9.17, 15) is 4.79 Å². The third-order valence-corrected chi connectivity index (χ3v) is 5.11. The summed E-state index contributed by atoms with van der Waals surface area (Å²) in [5.74, 6) is -0.0429. The molecule has 1 amide bonds. The van der Waals surface area contributed by atoms with Crippen LogP contribution in [0.5, 0.6) is 0 Å². The molecule has 1 aliphatic heterocycles. The van der Waals surface area contributed by atoms with Crippen LogP contribution in [0.25, 0.3) is 0 Å². The molecule has 2 aromatic carbocycles. The molecule has 1 heterocycles. The molecule has 138 valence electrons. The summed E-state index contributed by atoms with van der Waals surface area (Å²) in [6, 6.07) is 13.7. The number of nitrogens with zero attached hydrogens (tertiary/aromatic N) is 1. The summed E-state index contributed by atoms with van der Waals surface area (Å²) in [6.45, 7) is 3.05. The van der Waals surface area contributed by atoms with Crippen LogP contribution in [0.4, 0.5) is 11.4 Å². The van der Waals surface area contributed by atoms with Gasteiger partial charge < -0.3 is 15.5 Å². The van der Waals surface area contributed by atoms with E-state index < -0.39 is 0 Å². The number of amides is 1. The minimum atomic E-state index is -0.0429. The molecule has 2 aromatic rings. The second-order valence-electron chi connectivity index (χ2n) is 6.43. The van der Waals surface area contributed by atoms with Gasteiger partial charge in [-0.25, -0.2) is 0 Å². The number of rotatable bonds is 7. The van der Waals surface area contributed by atoms with Gasteiger partial charge in [0, 0.05) is 41.1 Å². The molecule has 0 aromatic heterocycles. The predicted molar refractivity (Wildman–Crippen MR) is 110 cm³/mol. The lowest BCUT2D eigenvalue weighted by molar-refractivity contribution is -0.119. The van der Waals surface area contributed by atoms with E-state index in [1.807, 2.05) is 18.2 Å². The zero-order valence-corrected chi connectivity index (χ0v) is 16.1. The Morgan fingerprint density at radius 3 is 2.46 bits per heavy atom. The van der Waals surface area contributed by atoms with E-state index >= 15 is 0 Å². The van der Waals surface area contributed by atoms with Crippen molar-refractivity contribution < 1.29 is 4.79 Å². The first kappa shape index (κ1) is 18.9. The third-order valence-electron chi connectivity index (χ3n) is 4.52. The first-order valence-electron chi connectivity index (χ1n) is 8.91. The molecule has 3 rings (SSSR count). The first-order chi connectivity index (χ1) is 12.6. The number of benzene rings is 2. The molecule has 2 N–H and O–H groups in total. The van der Waals surface area contributed by atoms with Crippen LogP contribution in [-0.2, 0) is 11.2 Å². The summed E-state index contributed by atoms with van der Waals surface area (Å²) in [5.41, 5.74) is 3.17. The molecule has 4 nitrogen and oxygen atoms in total. The van der Waals surface area contributed by atoms with Gasteiger partial charge in [0.05, 0.1) is 6.54 Å². The van der Waals surface area contributed by atoms with E-state index in [4.69, 9.17) is 23.2 Å². The second kappa shape index (κ2) is 9.15. The molecular formula is C20H23Cl2N3O. The SMILES string of the molecule is O=C(CNc1ccc(N2CCCC2)cc1)NCCc1ccc(Cl)cc1Cl. The highest BCUT2D eigenvalue weighted by Gasteiger charge is 2.11. The maximum absolute atomic E-state index is 12.0. The number of nitrogens with one attached hydrogen (secondary N) is 2. The monoisotopic (exact) mass is 391 g/mol. The standard InChI is InChI=1S/C20H23Cl2N3O/c21-16-4-3-15(19(22)13-16)9-10-23-20(26)14-24-17-5-7-18(8-6-17)25-11-1-2-12-25/h3-8,13,24H,1-2,9-12,14H2,(H,23,26). The van der Waals surface area contributed by atoms with Crippen molar-refractivity contribution in [2.24, 2.45) is 0 Å². The van der Waals surface area contributed by atoms with Crippen LogP contribution in [0.2, 0.25) is 10.0 Å². The third kappa shape index (κ3) is 5.29. The number of carbonyl (C=O) groups is 1. The summed E-state index contributed by atoms with van der Waals surface area (Å²) < 4.78 is 0. The Morgan fingerprint density at radius 1 is 1.04 bits per heavy atom. The highest BCUT2D eigenvalue weighted by atomic mass is 35.5. The minimum Gasteiger partial charge on any atom is -0.376 e. The van der Waals surface area contributed by atoms with Crippen molar-refractivity contribution in [1.82, 2.24) is 5.32 Å². The number of anilines is 2. The van der Waals surface area contributed by atoms with E-state index in [1.165, 1.54) is 18.5 Å². The average molecular weight is 392 g/mol. The highest BCUT2D eigenvalue weighted by Crippen LogP contribution is 2.22. The summed E-state index contributed by atoms with van der Waals surface area (Å²) in [5, 5.41) is 7.30. The maximum atomic E-state index is 12.0. The molecule has 0 aliphatic carbocycles. The molecule has 0 radical (unpaired) electrons. The first-order valence-corrected chi connectivity index (χ1v) is 9.67. The van der Waals surface area contributed by atoms with Gasteiger partial charge in [0.25, 0.3) is 0 Å². The maximum Gasteiger partial charge on any atom is 0.239 e. The van der Waals surface area contributed by atoms with Crippen molar-refractivity contribution in [1.29, 1.82) is 0 Å². The normalized spacial score (nSPS) is 13.7. The Balaban J connectivity index is 1.39. The predicted octanol–water partition coefficient (Wildman–Crippen LogP) is 4.36. The quantitative estimate of drug-likeness (QED) is 0.736. The van der Waals surface area contributed by atoms with Crippen LogP contribution in [0, 0.1) is 0 Å². The van der Waals surface area contributed by atoms with Crippen LogP contribution < -0.4 is 15.5 Å². The fraction of sp³-hybridized carbons (Fsp3) is 0.350. The van der Waals surface area contributed by atoms with Gasteiger partial charge in [0.2, 0.25) is 5.91 Å². The Morgan fingerprint density at radius 2 is 1.77 bits per heavy atom. The molecule has 1 fully saturated rings. The summed E-state index contributed by atoms with van der Waals surface area (Å²) in [7, 11) is 0.